The van der Waals surface area contributed by atoms with E-state index >= 15 is 0 Å². The molecule has 0 amide bonds. The molecule has 1 saturated heterocycles. The van der Waals surface area contributed by atoms with Crippen molar-refractivity contribution < 1.29 is 14.3 Å². The maximum Gasteiger partial charge on any atom is 0.339 e. The second-order valence-electron chi connectivity index (χ2n) is 6.97. The molecule has 1 aliphatic rings. The molecule has 0 atom stereocenters. The van der Waals surface area contributed by atoms with E-state index in [9.17, 15) is 4.79 Å². The van der Waals surface area contributed by atoms with Crippen LogP contribution >= 0.6 is 0 Å². The smallest absolute Gasteiger partial charge is 0.339 e. The van der Waals surface area contributed by atoms with Crippen molar-refractivity contribution in [3.05, 3.63) is 35.9 Å². The van der Waals surface area contributed by atoms with Gasteiger partial charge in [0.2, 0.25) is 5.88 Å². The number of aromatic nitrogens is 1. The average Bonchev–Trinajstić information content (AvgIpc) is 2.70. The van der Waals surface area contributed by atoms with Gasteiger partial charge in [-0.2, -0.15) is 0 Å². The van der Waals surface area contributed by atoms with Crippen LogP contribution in [0.1, 0.15) is 43.0 Å². The third-order valence-electron chi connectivity index (χ3n) is 5.11. The standard InChI is InChI=1S/C21H28N2O3/c1-3-4-11-23-12-9-16(10-13-23)15-26-21(24)18-14-20(25-2)22-19-8-6-5-7-17(18)19/h5-8,14,16H,3-4,9-13,15H2,1-2H3. The molecule has 2 aromatic rings. The highest BCUT2D eigenvalue weighted by molar-refractivity contribution is 6.03. The lowest BCUT2D eigenvalue weighted by Gasteiger charge is -2.31. The van der Waals surface area contributed by atoms with Gasteiger partial charge in [-0.15, -0.1) is 0 Å². The lowest BCUT2D eigenvalue weighted by Crippen LogP contribution is -2.36. The first-order chi connectivity index (χ1) is 12.7. The Kier molecular flexibility index (Phi) is 6.45. The Morgan fingerprint density at radius 2 is 2.04 bits per heavy atom. The Hall–Kier alpha value is -2.14. The van der Waals surface area contributed by atoms with Crippen LogP contribution < -0.4 is 4.74 Å². The number of carbonyl (C=O) groups excluding carboxylic acids is 1. The highest BCUT2D eigenvalue weighted by atomic mass is 16.5. The number of hydrogen-bond acceptors (Lipinski definition) is 5. The molecule has 2 heterocycles. The van der Waals surface area contributed by atoms with Crippen molar-refractivity contribution in [2.75, 3.05) is 33.4 Å². The second-order valence-corrected chi connectivity index (χ2v) is 6.97. The van der Waals surface area contributed by atoms with E-state index in [0.29, 0.717) is 24.0 Å². The van der Waals surface area contributed by atoms with Crippen LogP contribution in [0.3, 0.4) is 0 Å². The average molecular weight is 356 g/mol. The molecule has 1 aromatic carbocycles. The van der Waals surface area contributed by atoms with E-state index in [1.165, 1.54) is 19.4 Å². The van der Waals surface area contributed by atoms with Crippen molar-refractivity contribution in [3.8, 4) is 5.88 Å². The van der Waals surface area contributed by atoms with Gasteiger partial charge in [-0.25, -0.2) is 9.78 Å². The molecule has 1 aromatic heterocycles. The van der Waals surface area contributed by atoms with Gasteiger partial charge in [-0.05, 0) is 50.9 Å². The van der Waals surface area contributed by atoms with E-state index in [-0.39, 0.29) is 5.97 Å². The van der Waals surface area contributed by atoms with E-state index in [4.69, 9.17) is 9.47 Å². The van der Waals surface area contributed by atoms with Crippen LogP contribution in [0.15, 0.2) is 30.3 Å². The fourth-order valence-electron chi connectivity index (χ4n) is 3.45. The summed E-state index contributed by atoms with van der Waals surface area (Å²) in [5.74, 6) is 0.585. The van der Waals surface area contributed by atoms with E-state index in [1.54, 1.807) is 13.2 Å². The summed E-state index contributed by atoms with van der Waals surface area (Å²) in [7, 11) is 1.55. The minimum absolute atomic E-state index is 0.296. The lowest BCUT2D eigenvalue weighted by atomic mass is 9.97. The summed E-state index contributed by atoms with van der Waals surface area (Å²) < 4.78 is 10.9. The molecule has 1 aliphatic heterocycles. The summed E-state index contributed by atoms with van der Waals surface area (Å²) in [5, 5.41) is 0.799. The van der Waals surface area contributed by atoms with Gasteiger partial charge in [0.05, 0.1) is 24.8 Å². The summed E-state index contributed by atoms with van der Waals surface area (Å²) in [5.41, 5.74) is 1.26. The molecular weight excluding hydrogens is 328 g/mol. The van der Waals surface area contributed by atoms with Crippen LogP contribution in [0.5, 0.6) is 5.88 Å². The van der Waals surface area contributed by atoms with Crippen molar-refractivity contribution in [2.24, 2.45) is 5.92 Å². The maximum atomic E-state index is 12.7. The molecule has 0 bridgehead atoms. The van der Waals surface area contributed by atoms with Crippen molar-refractivity contribution in [1.82, 2.24) is 9.88 Å². The quantitative estimate of drug-likeness (QED) is 0.704. The summed E-state index contributed by atoms with van der Waals surface area (Å²) in [6.45, 7) is 6.11. The highest BCUT2D eigenvalue weighted by Gasteiger charge is 2.21. The Balaban J connectivity index is 1.60. The first-order valence-corrected chi connectivity index (χ1v) is 9.54. The third-order valence-corrected chi connectivity index (χ3v) is 5.11. The predicted octanol–water partition coefficient (Wildman–Crippen LogP) is 3.91. The van der Waals surface area contributed by atoms with E-state index in [1.807, 2.05) is 24.3 Å². The minimum Gasteiger partial charge on any atom is -0.481 e. The Bertz CT molecular complexity index is 739. The van der Waals surface area contributed by atoms with Crippen LogP contribution in [-0.2, 0) is 4.74 Å². The number of likely N-dealkylation sites (tertiary alicyclic amines) is 1. The third kappa shape index (κ3) is 4.52. The number of nitrogens with zero attached hydrogens (tertiary/aromatic N) is 2. The largest absolute Gasteiger partial charge is 0.481 e. The predicted molar refractivity (Wildman–Crippen MR) is 103 cm³/mol. The van der Waals surface area contributed by atoms with E-state index < -0.39 is 0 Å². The molecule has 0 spiro atoms. The zero-order valence-corrected chi connectivity index (χ0v) is 15.7. The van der Waals surface area contributed by atoms with Crippen LogP contribution in [0, 0.1) is 5.92 Å². The van der Waals surface area contributed by atoms with Gasteiger partial charge < -0.3 is 14.4 Å². The van der Waals surface area contributed by atoms with Gasteiger partial charge in [-0.3, -0.25) is 0 Å². The molecule has 140 valence electrons. The van der Waals surface area contributed by atoms with Gasteiger partial charge in [0.15, 0.2) is 0 Å². The zero-order valence-electron chi connectivity index (χ0n) is 15.7. The Labute approximate surface area is 155 Å². The first kappa shape index (κ1) is 18.6. The van der Waals surface area contributed by atoms with Crippen molar-refractivity contribution in [3.63, 3.8) is 0 Å². The topological polar surface area (TPSA) is 51.7 Å². The van der Waals surface area contributed by atoms with Gasteiger partial charge in [0.1, 0.15) is 0 Å². The fourth-order valence-corrected chi connectivity index (χ4v) is 3.45. The molecule has 5 nitrogen and oxygen atoms in total. The zero-order chi connectivity index (χ0) is 18.4. The number of fused-ring (bicyclic) bond motifs is 1. The molecular formula is C21H28N2O3. The number of rotatable bonds is 7. The lowest BCUT2D eigenvalue weighted by molar-refractivity contribution is 0.0373. The number of pyridine rings is 1. The number of carbonyl (C=O) groups is 1. The SMILES string of the molecule is CCCCN1CCC(COC(=O)c2cc(OC)nc3ccccc23)CC1. The molecule has 0 saturated carbocycles. The highest BCUT2D eigenvalue weighted by Crippen LogP contribution is 2.24. The van der Waals surface area contributed by atoms with Crippen molar-refractivity contribution in [1.29, 1.82) is 0 Å². The second kappa shape index (κ2) is 8.99. The molecule has 0 aliphatic carbocycles. The number of para-hydroxylation sites is 1. The molecule has 0 unspecified atom stereocenters. The normalized spacial score (nSPS) is 15.9. The summed E-state index contributed by atoms with van der Waals surface area (Å²) in [4.78, 5) is 19.6. The number of benzene rings is 1. The number of esters is 1. The molecule has 1 fully saturated rings. The summed E-state index contributed by atoms with van der Waals surface area (Å²) >= 11 is 0. The molecule has 0 radical (unpaired) electrons. The van der Waals surface area contributed by atoms with Crippen LogP contribution in [0.25, 0.3) is 10.9 Å². The first-order valence-electron chi connectivity index (χ1n) is 9.54. The van der Waals surface area contributed by atoms with Gasteiger partial charge in [-0.1, -0.05) is 31.5 Å². The van der Waals surface area contributed by atoms with Crippen LogP contribution in [0.2, 0.25) is 0 Å². The number of methoxy groups -OCH3 is 1. The van der Waals surface area contributed by atoms with Gasteiger partial charge in [0.25, 0.3) is 0 Å². The van der Waals surface area contributed by atoms with Crippen LogP contribution in [0.4, 0.5) is 0 Å². The number of hydrogen-bond donors (Lipinski definition) is 0. The number of piperidine rings is 1. The molecule has 0 N–H and O–H groups in total. The number of ether oxygens (including phenoxy) is 2. The van der Waals surface area contributed by atoms with E-state index in [2.05, 4.69) is 16.8 Å². The monoisotopic (exact) mass is 356 g/mol. The molecule has 5 heteroatoms. The summed E-state index contributed by atoms with van der Waals surface area (Å²) in [6.07, 6.45) is 4.69. The van der Waals surface area contributed by atoms with Crippen molar-refractivity contribution >= 4 is 16.9 Å². The minimum atomic E-state index is -0.296. The van der Waals surface area contributed by atoms with Gasteiger partial charge in [0, 0.05) is 11.5 Å². The Morgan fingerprint density at radius 3 is 2.77 bits per heavy atom. The maximum absolute atomic E-state index is 12.7. The van der Waals surface area contributed by atoms with Gasteiger partial charge >= 0.3 is 5.97 Å². The molecule has 26 heavy (non-hydrogen) atoms. The Morgan fingerprint density at radius 1 is 1.27 bits per heavy atom. The molecule has 3 rings (SSSR count). The van der Waals surface area contributed by atoms with E-state index in [0.717, 1.165) is 36.8 Å². The van der Waals surface area contributed by atoms with Crippen molar-refractivity contribution in [2.45, 2.75) is 32.6 Å². The number of unbranched alkanes of at least 4 members (excludes halogenated alkanes) is 1. The summed E-state index contributed by atoms with van der Waals surface area (Å²) in [6, 6.07) is 9.23. The fraction of sp³-hybridized carbons (Fsp3) is 0.524. The van der Waals surface area contributed by atoms with Crippen LogP contribution in [-0.4, -0.2) is 49.2 Å².